The first-order valence-corrected chi connectivity index (χ1v) is 9.26. The molecule has 5 nitrogen and oxygen atoms in total. The molecule has 132 valence electrons. The van der Waals surface area contributed by atoms with E-state index in [0.29, 0.717) is 10.7 Å². The number of hydrazine groups is 1. The minimum Gasteiger partial charge on any atom is -0.274 e. The number of para-hydroxylation sites is 1. The van der Waals surface area contributed by atoms with E-state index < -0.39 is 6.04 Å². The molecule has 2 aromatic carbocycles. The number of fused-ring (bicyclic) bond motifs is 3. The average Bonchev–Trinajstić information content (AvgIpc) is 3.29. The summed E-state index contributed by atoms with van der Waals surface area (Å²) < 4.78 is 0. The van der Waals surface area contributed by atoms with Crippen LogP contribution >= 0.6 is 11.6 Å². The zero-order valence-corrected chi connectivity index (χ0v) is 14.8. The number of nitrogens with zero attached hydrogens (tertiary/aromatic N) is 3. The lowest BCUT2D eigenvalue weighted by atomic mass is 9.90. The van der Waals surface area contributed by atoms with E-state index in [0.717, 1.165) is 25.1 Å². The van der Waals surface area contributed by atoms with Crippen molar-refractivity contribution < 1.29 is 9.59 Å². The fourth-order valence-electron chi connectivity index (χ4n) is 4.60. The van der Waals surface area contributed by atoms with Gasteiger partial charge < -0.3 is 0 Å². The van der Waals surface area contributed by atoms with Gasteiger partial charge in [-0.15, -0.1) is 0 Å². The van der Waals surface area contributed by atoms with Crippen LogP contribution in [0.1, 0.15) is 18.0 Å². The molecule has 2 amide bonds. The van der Waals surface area contributed by atoms with Crippen LogP contribution in [0.2, 0.25) is 5.02 Å². The van der Waals surface area contributed by atoms with Crippen molar-refractivity contribution in [2.75, 3.05) is 18.0 Å². The number of anilines is 1. The molecular formula is C20H18ClN3O2. The van der Waals surface area contributed by atoms with E-state index in [1.165, 1.54) is 4.90 Å². The molecule has 3 atom stereocenters. The van der Waals surface area contributed by atoms with Gasteiger partial charge in [0.2, 0.25) is 5.91 Å². The molecule has 3 aliphatic heterocycles. The number of hydrogen-bond donors (Lipinski definition) is 0. The molecule has 3 aliphatic rings. The molecule has 0 radical (unpaired) electrons. The Morgan fingerprint density at radius 3 is 2.15 bits per heavy atom. The minimum atomic E-state index is -0.411. The van der Waals surface area contributed by atoms with Crippen LogP contribution in [0, 0.1) is 5.92 Å². The summed E-state index contributed by atoms with van der Waals surface area (Å²) in [5, 5.41) is 4.98. The van der Waals surface area contributed by atoms with Crippen LogP contribution in [0.15, 0.2) is 54.6 Å². The zero-order chi connectivity index (χ0) is 17.8. The van der Waals surface area contributed by atoms with Gasteiger partial charge in [-0.1, -0.05) is 41.9 Å². The van der Waals surface area contributed by atoms with Crippen molar-refractivity contribution in [1.29, 1.82) is 0 Å². The third-order valence-corrected chi connectivity index (χ3v) is 5.88. The maximum atomic E-state index is 13.3. The van der Waals surface area contributed by atoms with Crippen LogP contribution in [0.3, 0.4) is 0 Å². The van der Waals surface area contributed by atoms with Crippen molar-refractivity contribution in [1.82, 2.24) is 10.0 Å². The molecule has 2 aromatic rings. The lowest BCUT2D eigenvalue weighted by molar-refractivity contribution is -0.126. The van der Waals surface area contributed by atoms with Crippen molar-refractivity contribution in [3.63, 3.8) is 0 Å². The quantitative estimate of drug-likeness (QED) is 0.766. The van der Waals surface area contributed by atoms with E-state index in [2.05, 4.69) is 10.0 Å². The first kappa shape index (κ1) is 16.0. The van der Waals surface area contributed by atoms with E-state index in [-0.39, 0.29) is 23.8 Å². The van der Waals surface area contributed by atoms with Gasteiger partial charge in [0, 0.05) is 18.1 Å². The number of rotatable bonds is 2. The lowest BCUT2D eigenvalue weighted by Gasteiger charge is -2.29. The Labute approximate surface area is 156 Å². The summed E-state index contributed by atoms with van der Waals surface area (Å²) in [5.41, 5.74) is 1.68. The number of halogens is 1. The number of hydrogen-bond acceptors (Lipinski definition) is 4. The monoisotopic (exact) mass is 367 g/mol. The Morgan fingerprint density at radius 1 is 0.808 bits per heavy atom. The summed E-state index contributed by atoms with van der Waals surface area (Å²) >= 11 is 6.04. The molecule has 5 rings (SSSR count). The van der Waals surface area contributed by atoms with Gasteiger partial charge in [0.05, 0.1) is 17.6 Å². The number of amides is 2. The molecule has 26 heavy (non-hydrogen) atoms. The summed E-state index contributed by atoms with van der Waals surface area (Å²) in [6.45, 7) is 1.68. The summed E-state index contributed by atoms with van der Waals surface area (Å²) in [6.07, 6.45) is 1.00. The molecule has 0 spiro atoms. The van der Waals surface area contributed by atoms with Gasteiger partial charge in [0.1, 0.15) is 6.04 Å². The molecule has 6 heteroatoms. The van der Waals surface area contributed by atoms with Gasteiger partial charge >= 0.3 is 0 Å². The fraction of sp³-hybridized carbons (Fsp3) is 0.300. The SMILES string of the molecule is O=C1[C@H]2[C@@H](C(=O)N1c1ccccc1)N1CCCN1[C@@H]2c1ccc(Cl)cc1. The number of benzene rings is 2. The van der Waals surface area contributed by atoms with Crippen LogP contribution < -0.4 is 4.90 Å². The standard InChI is InChI=1S/C20H18ClN3O2/c21-14-9-7-13(8-10-14)17-16-18(23-12-4-11-22(17)23)20(26)24(19(16)25)15-5-2-1-3-6-15/h1-3,5-10,16-18H,4,11-12H2/t16-,17-,18+/m1/s1. The summed E-state index contributed by atoms with van der Waals surface area (Å²) in [7, 11) is 0. The van der Waals surface area contributed by atoms with Gasteiger partial charge in [-0.25, -0.2) is 14.9 Å². The molecule has 3 fully saturated rings. The third-order valence-electron chi connectivity index (χ3n) is 5.63. The van der Waals surface area contributed by atoms with Gasteiger partial charge in [0.15, 0.2) is 0 Å². The summed E-state index contributed by atoms with van der Waals surface area (Å²) in [6, 6.07) is 16.3. The molecule has 3 saturated heterocycles. The van der Waals surface area contributed by atoms with Crippen molar-refractivity contribution in [2.45, 2.75) is 18.5 Å². The highest BCUT2D eigenvalue weighted by Gasteiger charge is 2.62. The number of imide groups is 1. The molecule has 0 saturated carbocycles. The van der Waals surface area contributed by atoms with Crippen molar-refractivity contribution in [2.24, 2.45) is 5.92 Å². The normalized spacial score (nSPS) is 28.7. The zero-order valence-electron chi connectivity index (χ0n) is 14.1. The van der Waals surface area contributed by atoms with E-state index in [9.17, 15) is 9.59 Å². The molecular weight excluding hydrogens is 350 g/mol. The predicted molar refractivity (Wildman–Crippen MR) is 98.4 cm³/mol. The Morgan fingerprint density at radius 2 is 1.46 bits per heavy atom. The summed E-state index contributed by atoms with van der Waals surface area (Å²) in [5.74, 6) is -0.612. The van der Waals surface area contributed by atoms with Gasteiger partial charge in [-0.2, -0.15) is 0 Å². The predicted octanol–water partition coefficient (Wildman–Crippen LogP) is 2.88. The van der Waals surface area contributed by atoms with Crippen molar-refractivity contribution in [3.05, 3.63) is 65.2 Å². The second-order valence-corrected chi connectivity index (χ2v) is 7.43. The van der Waals surface area contributed by atoms with Crippen molar-refractivity contribution >= 4 is 29.1 Å². The first-order chi connectivity index (χ1) is 12.7. The van der Waals surface area contributed by atoms with Crippen LogP contribution in [0.25, 0.3) is 0 Å². The van der Waals surface area contributed by atoms with Crippen LogP contribution in [0.5, 0.6) is 0 Å². The first-order valence-electron chi connectivity index (χ1n) is 8.88. The average molecular weight is 368 g/mol. The molecule has 0 unspecified atom stereocenters. The maximum Gasteiger partial charge on any atom is 0.253 e. The highest BCUT2D eigenvalue weighted by molar-refractivity contribution is 6.30. The molecule has 0 N–H and O–H groups in total. The topological polar surface area (TPSA) is 43.9 Å². The Kier molecular flexibility index (Phi) is 3.64. The maximum absolute atomic E-state index is 13.3. The van der Waals surface area contributed by atoms with Crippen molar-refractivity contribution in [3.8, 4) is 0 Å². The van der Waals surface area contributed by atoms with E-state index in [1.807, 2.05) is 54.6 Å². The van der Waals surface area contributed by atoms with E-state index in [1.54, 1.807) is 0 Å². The van der Waals surface area contributed by atoms with Gasteiger partial charge in [-0.3, -0.25) is 9.59 Å². The largest absolute Gasteiger partial charge is 0.274 e. The minimum absolute atomic E-state index is 0.111. The Hall–Kier alpha value is -2.21. The third kappa shape index (κ3) is 2.18. The Bertz CT molecular complexity index is 870. The van der Waals surface area contributed by atoms with Crippen LogP contribution in [-0.2, 0) is 9.59 Å². The second kappa shape index (κ2) is 5.91. The second-order valence-electron chi connectivity index (χ2n) is 6.99. The van der Waals surface area contributed by atoms with E-state index >= 15 is 0 Å². The molecule has 0 aliphatic carbocycles. The highest BCUT2D eigenvalue weighted by atomic mass is 35.5. The van der Waals surface area contributed by atoms with Crippen LogP contribution in [-0.4, -0.2) is 41.0 Å². The molecule has 0 bridgehead atoms. The van der Waals surface area contributed by atoms with Crippen LogP contribution in [0.4, 0.5) is 5.69 Å². The number of carbonyl (C=O) groups excluding carboxylic acids is 2. The Balaban J connectivity index is 1.59. The summed E-state index contributed by atoms with van der Waals surface area (Å²) in [4.78, 5) is 27.9. The fourth-order valence-corrected chi connectivity index (χ4v) is 4.73. The molecule has 0 aromatic heterocycles. The van der Waals surface area contributed by atoms with Gasteiger partial charge in [-0.05, 0) is 36.2 Å². The molecule has 3 heterocycles. The number of carbonyl (C=O) groups is 2. The van der Waals surface area contributed by atoms with Gasteiger partial charge in [0.25, 0.3) is 5.91 Å². The highest BCUT2D eigenvalue weighted by Crippen LogP contribution is 2.48. The smallest absolute Gasteiger partial charge is 0.253 e. The van der Waals surface area contributed by atoms with E-state index in [4.69, 9.17) is 11.6 Å². The lowest BCUT2D eigenvalue weighted by Crippen LogP contribution is -2.44.